The van der Waals surface area contributed by atoms with Crippen molar-refractivity contribution < 1.29 is 28.2 Å². The Morgan fingerprint density at radius 2 is 1.78 bits per heavy atom. The van der Waals surface area contributed by atoms with Crippen LogP contribution in [0.25, 0.3) is 6.08 Å². The first-order valence-corrected chi connectivity index (χ1v) is 7.82. The number of methoxy groups -OCH3 is 1. The summed E-state index contributed by atoms with van der Waals surface area (Å²) in [5.41, 5.74) is 0.656. The molecule has 2 rings (SSSR count). The first-order valence-electron chi connectivity index (χ1n) is 7.82. The van der Waals surface area contributed by atoms with Crippen molar-refractivity contribution in [2.75, 3.05) is 19.0 Å². The van der Waals surface area contributed by atoms with Crippen molar-refractivity contribution >= 4 is 29.7 Å². The molecule has 0 unspecified atom stereocenters. The highest BCUT2D eigenvalue weighted by molar-refractivity contribution is 6.02. The van der Waals surface area contributed by atoms with E-state index in [1.54, 1.807) is 31.4 Å². The largest absolute Gasteiger partial charge is 0.497 e. The number of benzene rings is 2. The highest BCUT2D eigenvalue weighted by Gasteiger charge is 2.11. The van der Waals surface area contributed by atoms with Gasteiger partial charge in [-0.2, -0.15) is 0 Å². The number of para-hydroxylation sites is 1. The summed E-state index contributed by atoms with van der Waals surface area (Å²) in [5, 5.41) is 4.10. The molecule has 0 radical (unpaired) electrons. The van der Waals surface area contributed by atoms with Gasteiger partial charge in [0.1, 0.15) is 11.6 Å². The molecular weight excluding hydrogens is 355 g/mol. The number of ether oxygens (including phenoxy) is 2. The SMILES string of the molecule is COc1ccc(/C=C/C(=O)OCC(=O)NC(=O)Nc2ccccc2F)cc1. The maximum Gasteiger partial charge on any atom is 0.331 e. The summed E-state index contributed by atoms with van der Waals surface area (Å²) in [6.45, 7) is -0.656. The van der Waals surface area contributed by atoms with Gasteiger partial charge in [0.05, 0.1) is 12.8 Å². The summed E-state index contributed by atoms with van der Waals surface area (Å²) < 4.78 is 23.1. The molecule has 0 atom stereocenters. The molecule has 0 aliphatic rings. The first-order chi connectivity index (χ1) is 13.0. The van der Waals surface area contributed by atoms with Gasteiger partial charge in [-0.25, -0.2) is 14.0 Å². The van der Waals surface area contributed by atoms with Crippen molar-refractivity contribution in [2.24, 2.45) is 0 Å². The number of hydrogen-bond donors (Lipinski definition) is 2. The number of esters is 1. The average molecular weight is 372 g/mol. The minimum absolute atomic E-state index is 0.0813. The summed E-state index contributed by atoms with van der Waals surface area (Å²) in [7, 11) is 1.55. The third-order valence-corrected chi connectivity index (χ3v) is 3.25. The smallest absolute Gasteiger partial charge is 0.331 e. The molecule has 0 aliphatic heterocycles. The van der Waals surface area contributed by atoms with E-state index in [9.17, 15) is 18.8 Å². The second-order valence-corrected chi connectivity index (χ2v) is 5.20. The average Bonchev–Trinajstić information content (AvgIpc) is 2.67. The normalized spacial score (nSPS) is 10.3. The van der Waals surface area contributed by atoms with Gasteiger partial charge in [-0.1, -0.05) is 24.3 Å². The van der Waals surface area contributed by atoms with Crippen LogP contribution in [0.15, 0.2) is 54.6 Å². The fourth-order valence-electron chi connectivity index (χ4n) is 1.94. The molecule has 0 bridgehead atoms. The van der Waals surface area contributed by atoms with Gasteiger partial charge in [0.15, 0.2) is 6.61 Å². The number of anilines is 1. The zero-order valence-electron chi connectivity index (χ0n) is 14.4. The van der Waals surface area contributed by atoms with E-state index < -0.39 is 30.3 Å². The number of imide groups is 1. The molecule has 140 valence electrons. The van der Waals surface area contributed by atoms with Gasteiger partial charge in [0, 0.05) is 6.08 Å². The molecule has 0 aliphatic carbocycles. The zero-order chi connectivity index (χ0) is 19.6. The van der Waals surface area contributed by atoms with Crippen LogP contribution in [0.2, 0.25) is 0 Å². The lowest BCUT2D eigenvalue weighted by Gasteiger charge is -2.07. The fraction of sp³-hybridized carbons (Fsp3) is 0.105. The fourth-order valence-corrected chi connectivity index (χ4v) is 1.94. The van der Waals surface area contributed by atoms with Crippen molar-refractivity contribution in [3.63, 3.8) is 0 Å². The highest BCUT2D eigenvalue weighted by atomic mass is 19.1. The highest BCUT2D eigenvalue weighted by Crippen LogP contribution is 2.13. The maximum absolute atomic E-state index is 13.4. The van der Waals surface area contributed by atoms with Gasteiger partial charge >= 0.3 is 12.0 Å². The van der Waals surface area contributed by atoms with Gasteiger partial charge in [0.2, 0.25) is 0 Å². The molecule has 0 aromatic heterocycles. The number of carbonyl (C=O) groups is 3. The second-order valence-electron chi connectivity index (χ2n) is 5.20. The van der Waals surface area contributed by atoms with E-state index in [0.29, 0.717) is 5.75 Å². The van der Waals surface area contributed by atoms with Crippen LogP contribution in [0, 0.1) is 5.82 Å². The lowest BCUT2D eigenvalue weighted by atomic mass is 10.2. The Hall–Kier alpha value is -3.68. The molecule has 0 heterocycles. The molecule has 0 fully saturated rings. The molecule has 0 saturated carbocycles. The molecule has 27 heavy (non-hydrogen) atoms. The van der Waals surface area contributed by atoms with Crippen LogP contribution < -0.4 is 15.4 Å². The van der Waals surface area contributed by atoms with Crippen molar-refractivity contribution in [1.29, 1.82) is 0 Å². The number of amides is 3. The summed E-state index contributed by atoms with van der Waals surface area (Å²) in [6.07, 6.45) is 2.65. The Morgan fingerprint density at radius 3 is 2.44 bits per heavy atom. The Kier molecular flexibility index (Phi) is 7.07. The molecule has 3 amide bonds. The van der Waals surface area contributed by atoms with Crippen LogP contribution in [0.5, 0.6) is 5.75 Å². The van der Waals surface area contributed by atoms with Gasteiger partial charge in [-0.3, -0.25) is 10.1 Å². The van der Waals surface area contributed by atoms with E-state index >= 15 is 0 Å². The van der Waals surface area contributed by atoms with E-state index in [4.69, 9.17) is 9.47 Å². The van der Waals surface area contributed by atoms with Crippen LogP contribution in [-0.2, 0) is 14.3 Å². The monoisotopic (exact) mass is 372 g/mol. The van der Waals surface area contributed by atoms with Crippen molar-refractivity contribution in [1.82, 2.24) is 5.32 Å². The van der Waals surface area contributed by atoms with Gasteiger partial charge < -0.3 is 14.8 Å². The van der Waals surface area contributed by atoms with Crippen molar-refractivity contribution in [3.05, 3.63) is 66.0 Å². The van der Waals surface area contributed by atoms with Crippen LogP contribution in [-0.4, -0.2) is 31.6 Å². The standard InChI is InChI=1S/C19H17FN2O5/c1-26-14-9-6-13(7-10-14)8-11-18(24)27-12-17(23)22-19(25)21-16-5-3-2-4-15(16)20/h2-11H,12H2,1H3,(H2,21,22,23,25)/b11-8+. The Balaban J connectivity index is 1.75. The van der Waals surface area contributed by atoms with Crippen molar-refractivity contribution in [3.8, 4) is 5.75 Å². The molecular formula is C19H17FN2O5. The number of urea groups is 1. The summed E-state index contributed by atoms with van der Waals surface area (Å²) in [6, 6.07) is 11.5. The van der Waals surface area contributed by atoms with Gasteiger partial charge in [-0.05, 0) is 35.9 Å². The summed E-state index contributed by atoms with van der Waals surface area (Å²) >= 11 is 0. The van der Waals surface area contributed by atoms with E-state index in [1.165, 1.54) is 24.3 Å². The first kappa shape index (κ1) is 19.6. The van der Waals surface area contributed by atoms with E-state index in [1.807, 2.05) is 5.32 Å². The van der Waals surface area contributed by atoms with E-state index in [0.717, 1.165) is 17.7 Å². The maximum atomic E-state index is 13.4. The third kappa shape index (κ3) is 6.62. The molecule has 0 saturated heterocycles. The minimum Gasteiger partial charge on any atom is -0.497 e. The van der Waals surface area contributed by atoms with Gasteiger partial charge in [-0.15, -0.1) is 0 Å². The third-order valence-electron chi connectivity index (χ3n) is 3.25. The zero-order valence-corrected chi connectivity index (χ0v) is 14.4. The molecule has 2 aromatic carbocycles. The molecule has 2 aromatic rings. The topological polar surface area (TPSA) is 93.7 Å². The number of carbonyl (C=O) groups excluding carboxylic acids is 3. The predicted molar refractivity (Wildman–Crippen MR) is 96.5 cm³/mol. The Morgan fingerprint density at radius 1 is 1.07 bits per heavy atom. The van der Waals surface area contributed by atoms with Crippen LogP contribution in [0.1, 0.15) is 5.56 Å². The number of rotatable bonds is 6. The number of hydrogen-bond acceptors (Lipinski definition) is 5. The lowest BCUT2D eigenvalue weighted by Crippen LogP contribution is -2.37. The lowest BCUT2D eigenvalue weighted by molar-refractivity contribution is -0.143. The predicted octanol–water partition coefficient (Wildman–Crippen LogP) is 2.74. The number of halogens is 1. The molecule has 7 nitrogen and oxygen atoms in total. The van der Waals surface area contributed by atoms with Gasteiger partial charge in [0.25, 0.3) is 5.91 Å². The Bertz CT molecular complexity index is 849. The van der Waals surface area contributed by atoms with Crippen LogP contribution in [0.3, 0.4) is 0 Å². The molecule has 8 heteroatoms. The van der Waals surface area contributed by atoms with Crippen LogP contribution >= 0.6 is 0 Å². The quantitative estimate of drug-likeness (QED) is 0.601. The van der Waals surface area contributed by atoms with Crippen LogP contribution in [0.4, 0.5) is 14.9 Å². The Labute approximate surface area is 154 Å². The molecule has 2 N–H and O–H groups in total. The second kappa shape index (κ2) is 9.71. The van der Waals surface area contributed by atoms with E-state index in [2.05, 4.69) is 5.32 Å². The summed E-state index contributed by atoms with van der Waals surface area (Å²) in [4.78, 5) is 34.8. The minimum atomic E-state index is -0.935. The summed E-state index contributed by atoms with van der Waals surface area (Å²) in [5.74, 6) is -1.57. The molecule has 0 spiro atoms. The van der Waals surface area contributed by atoms with E-state index in [-0.39, 0.29) is 5.69 Å². The number of nitrogens with one attached hydrogen (secondary N) is 2. The van der Waals surface area contributed by atoms with Crippen molar-refractivity contribution in [2.45, 2.75) is 0 Å².